The van der Waals surface area contributed by atoms with Crippen molar-refractivity contribution in [2.24, 2.45) is 4.99 Å². The first kappa shape index (κ1) is 16.8. The quantitative estimate of drug-likeness (QED) is 0.609. The van der Waals surface area contributed by atoms with Gasteiger partial charge in [-0.05, 0) is 54.5 Å². The first-order chi connectivity index (χ1) is 11.7. The molecule has 0 saturated carbocycles. The van der Waals surface area contributed by atoms with Crippen molar-refractivity contribution in [1.82, 2.24) is 0 Å². The fourth-order valence-electron chi connectivity index (χ4n) is 2.22. The summed E-state index contributed by atoms with van der Waals surface area (Å²) in [5.74, 6) is 1.07. The average Bonchev–Trinajstić information content (AvgIpc) is 2.62. The number of hydrogen-bond donors (Lipinski definition) is 1. The highest BCUT2D eigenvalue weighted by atomic mass is 35.5. The highest BCUT2D eigenvalue weighted by Crippen LogP contribution is 2.17. The monoisotopic (exact) mass is 356 g/mol. The summed E-state index contributed by atoms with van der Waals surface area (Å²) in [5.41, 5.74) is 2.55. The molecule has 0 aliphatic carbocycles. The number of halogens is 1. The molecule has 0 radical (unpaired) electrons. The third-order valence-electron chi connectivity index (χ3n) is 3.51. The molecule has 122 valence electrons. The Hall–Kier alpha value is -2.04. The number of ketones is 1. The Labute approximate surface area is 150 Å². The maximum atomic E-state index is 12.2. The van der Waals surface area contributed by atoms with Crippen molar-refractivity contribution < 1.29 is 4.79 Å². The topological polar surface area (TPSA) is 41.5 Å². The summed E-state index contributed by atoms with van der Waals surface area (Å²) in [6, 6.07) is 14.8. The largest absolute Gasteiger partial charge is 0.335 e. The second-order valence-corrected chi connectivity index (χ2v) is 6.86. The number of aliphatic imine (C=N–C) groups is 1. The predicted octanol–water partition coefficient (Wildman–Crippen LogP) is 5.14. The van der Waals surface area contributed by atoms with E-state index in [4.69, 9.17) is 11.6 Å². The molecule has 2 aromatic rings. The molecule has 0 aromatic heterocycles. The number of anilines is 1. The Morgan fingerprint density at radius 3 is 2.54 bits per heavy atom. The first-order valence-electron chi connectivity index (χ1n) is 7.73. The van der Waals surface area contributed by atoms with Crippen LogP contribution in [0.5, 0.6) is 0 Å². The number of nitrogens with zero attached hydrogens (tertiary/aromatic N) is 1. The highest BCUT2D eigenvalue weighted by molar-refractivity contribution is 8.14. The summed E-state index contributed by atoms with van der Waals surface area (Å²) >= 11 is 7.57. The Balaban J connectivity index is 1.63. The van der Waals surface area contributed by atoms with E-state index in [2.05, 4.69) is 10.3 Å². The summed E-state index contributed by atoms with van der Waals surface area (Å²) < 4.78 is 0. The van der Waals surface area contributed by atoms with E-state index in [1.54, 1.807) is 36.0 Å². The van der Waals surface area contributed by atoms with Crippen LogP contribution in [0.4, 0.5) is 5.69 Å². The van der Waals surface area contributed by atoms with Crippen LogP contribution in [0.2, 0.25) is 5.02 Å². The molecule has 0 bridgehead atoms. The number of nitrogens with one attached hydrogen (secondary N) is 1. The minimum absolute atomic E-state index is 0.0270. The zero-order chi connectivity index (χ0) is 16.8. The normalized spacial score (nSPS) is 14.5. The fourth-order valence-corrected chi connectivity index (χ4v) is 3.18. The lowest BCUT2D eigenvalue weighted by molar-refractivity contribution is 0.104. The average molecular weight is 357 g/mol. The van der Waals surface area contributed by atoms with E-state index >= 15 is 0 Å². The summed E-state index contributed by atoms with van der Waals surface area (Å²) in [6.45, 7) is 0.876. The van der Waals surface area contributed by atoms with E-state index in [1.807, 2.05) is 36.4 Å². The zero-order valence-electron chi connectivity index (χ0n) is 13.0. The standard InChI is InChI=1S/C19H17ClN2OS/c20-16-7-2-14(3-8-16)4-11-18(23)15-5-9-17(10-6-15)22-19-21-12-1-13-24-19/h2-11H,1,12-13H2,(H,21,22). The number of hydrogen-bond acceptors (Lipinski definition) is 4. The molecule has 0 amide bonds. The van der Waals surface area contributed by atoms with Crippen LogP contribution in [-0.2, 0) is 0 Å². The molecule has 3 rings (SSSR count). The van der Waals surface area contributed by atoms with E-state index < -0.39 is 0 Å². The number of amidine groups is 1. The van der Waals surface area contributed by atoms with Gasteiger partial charge in [0.2, 0.25) is 0 Å². The number of benzene rings is 2. The molecule has 0 spiro atoms. The van der Waals surface area contributed by atoms with Crippen molar-refractivity contribution in [2.75, 3.05) is 17.6 Å². The number of allylic oxidation sites excluding steroid dienone is 1. The number of thioether (sulfide) groups is 1. The molecule has 5 heteroatoms. The van der Waals surface area contributed by atoms with Crippen LogP contribution in [0.3, 0.4) is 0 Å². The summed E-state index contributed by atoms with van der Waals surface area (Å²) in [5, 5.41) is 4.91. The molecule has 1 N–H and O–H groups in total. The van der Waals surface area contributed by atoms with Crippen LogP contribution in [0.25, 0.3) is 6.08 Å². The number of carbonyl (C=O) groups is 1. The molecule has 24 heavy (non-hydrogen) atoms. The Morgan fingerprint density at radius 1 is 1.12 bits per heavy atom. The van der Waals surface area contributed by atoms with Gasteiger partial charge in [0.15, 0.2) is 11.0 Å². The van der Waals surface area contributed by atoms with Gasteiger partial charge >= 0.3 is 0 Å². The van der Waals surface area contributed by atoms with Gasteiger partial charge in [0, 0.05) is 28.6 Å². The van der Waals surface area contributed by atoms with Gasteiger partial charge < -0.3 is 5.32 Å². The van der Waals surface area contributed by atoms with E-state index in [1.165, 1.54) is 0 Å². The Kier molecular flexibility index (Phi) is 5.72. The van der Waals surface area contributed by atoms with Gasteiger partial charge in [0.1, 0.15) is 0 Å². The summed E-state index contributed by atoms with van der Waals surface area (Å²) in [7, 11) is 0. The molecule has 1 aliphatic rings. The van der Waals surface area contributed by atoms with Crippen molar-refractivity contribution >= 4 is 46.1 Å². The second-order valence-electron chi connectivity index (χ2n) is 5.34. The van der Waals surface area contributed by atoms with Gasteiger partial charge in [-0.25, -0.2) is 0 Å². The van der Waals surface area contributed by atoms with Crippen molar-refractivity contribution in [3.63, 3.8) is 0 Å². The third-order valence-corrected chi connectivity index (χ3v) is 4.76. The molecule has 1 aliphatic heterocycles. The molecule has 2 aromatic carbocycles. The van der Waals surface area contributed by atoms with Crippen LogP contribution in [-0.4, -0.2) is 23.2 Å². The minimum atomic E-state index is -0.0270. The fraction of sp³-hybridized carbons (Fsp3) is 0.158. The van der Waals surface area contributed by atoms with Crippen LogP contribution in [0.15, 0.2) is 59.6 Å². The molecule has 0 atom stereocenters. The van der Waals surface area contributed by atoms with Crippen LogP contribution < -0.4 is 5.32 Å². The lowest BCUT2D eigenvalue weighted by atomic mass is 10.1. The van der Waals surface area contributed by atoms with E-state index in [0.29, 0.717) is 10.6 Å². The minimum Gasteiger partial charge on any atom is -0.335 e. The Bertz CT molecular complexity index is 767. The molecule has 0 fully saturated rings. The summed E-state index contributed by atoms with van der Waals surface area (Å²) in [4.78, 5) is 16.7. The predicted molar refractivity (Wildman–Crippen MR) is 104 cm³/mol. The lowest BCUT2D eigenvalue weighted by Crippen LogP contribution is -2.13. The van der Waals surface area contributed by atoms with Gasteiger partial charge in [0.25, 0.3) is 0 Å². The van der Waals surface area contributed by atoms with E-state index in [0.717, 1.165) is 35.1 Å². The SMILES string of the molecule is O=C(C=Cc1ccc(Cl)cc1)c1ccc(NC2=NCCCS2)cc1. The van der Waals surface area contributed by atoms with Crippen molar-refractivity contribution in [3.8, 4) is 0 Å². The van der Waals surface area contributed by atoms with Crippen molar-refractivity contribution in [3.05, 3.63) is 70.8 Å². The van der Waals surface area contributed by atoms with E-state index in [-0.39, 0.29) is 5.78 Å². The molecule has 0 saturated heterocycles. The lowest BCUT2D eigenvalue weighted by Gasteiger charge is -2.13. The maximum Gasteiger partial charge on any atom is 0.185 e. The van der Waals surface area contributed by atoms with Gasteiger partial charge in [-0.15, -0.1) is 0 Å². The first-order valence-corrected chi connectivity index (χ1v) is 9.09. The maximum absolute atomic E-state index is 12.2. The molecular formula is C19H17ClN2OS. The van der Waals surface area contributed by atoms with Gasteiger partial charge in [-0.3, -0.25) is 9.79 Å². The molecule has 1 heterocycles. The zero-order valence-corrected chi connectivity index (χ0v) is 14.6. The van der Waals surface area contributed by atoms with E-state index in [9.17, 15) is 4.79 Å². The highest BCUT2D eigenvalue weighted by Gasteiger charge is 2.07. The smallest absolute Gasteiger partial charge is 0.185 e. The van der Waals surface area contributed by atoms with Crippen LogP contribution in [0.1, 0.15) is 22.3 Å². The van der Waals surface area contributed by atoms with Crippen molar-refractivity contribution in [2.45, 2.75) is 6.42 Å². The number of rotatable bonds is 4. The van der Waals surface area contributed by atoms with Crippen LogP contribution >= 0.6 is 23.4 Å². The molecule has 3 nitrogen and oxygen atoms in total. The number of carbonyl (C=O) groups excluding carboxylic acids is 1. The van der Waals surface area contributed by atoms with Gasteiger partial charge in [0.05, 0.1) is 0 Å². The molecular weight excluding hydrogens is 340 g/mol. The van der Waals surface area contributed by atoms with Crippen molar-refractivity contribution in [1.29, 1.82) is 0 Å². The second kappa shape index (κ2) is 8.18. The third kappa shape index (κ3) is 4.73. The van der Waals surface area contributed by atoms with Gasteiger partial charge in [-0.2, -0.15) is 0 Å². The van der Waals surface area contributed by atoms with Crippen LogP contribution in [0, 0.1) is 0 Å². The van der Waals surface area contributed by atoms with Gasteiger partial charge in [-0.1, -0.05) is 41.6 Å². The Morgan fingerprint density at radius 2 is 1.88 bits per heavy atom. The summed E-state index contributed by atoms with van der Waals surface area (Å²) in [6.07, 6.45) is 4.49. The molecule has 0 unspecified atom stereocenters.